The average molecular weight is 315 g/mol. The lowest BCUT2D eigenvalue weighted by atomic mass is 10.1. The van der Waals surface area contributed by atoms with Crippen LogP contribution in [0.3, 0.4) is 0 Å². The van der Waals surface area contributed by atoms with E-state index in [1.165, 1.54) is 18.3 Å². The van der Waals surface area contributed by atoms with Crippen molar-refractivity contribution >= 4 is 34.9 Å². The van der Waals surface area contributed by atoms with Gasteiger partial charge in [-0.05, 0) is 36.9 Å². The van der Waals surface area contributed by atoms with Gasteiger partial charge in [0.2, 0.25) is 0 Å². The summed E-state index contributed by atoms with van der Waals surface area (Å²) in [5.74, 6) is -1.23. The summed E-state index contributed by atoms with van der Waals surface area (Å²) in [4.78, 5) is 24.2. The van der Waals surface area contributed by atoms with Crippen LogP contribution >= 0.6 is 11.3 Å². The lowest BCUT2D eigenvalue weighted by Gasteiger charge is -2.11. The smallest absolute Gasteiger partial charge is 0.340 e. The van der Waals surface area contributed by atoms with Crippen LogP contribution in [0.2, 0.25) is 0 Å². The molecule has 4 nitrogen and oxygen atoms in total. The molecule has 0 aliphatic carbocycles. The molecular formula is C17H17NO3S. The van der Waals surface area contributed by atoms with Crippen LogP contribution in [0.25, 0.3) is 11.6 Å². The molecule has 5 heteroatoms. The van der Waals surface area contributed by atoms with Crippen molar-refractivity contribution in [1.29, 1.82) is 0 Å². The van der Waals surface area contributed by atoms with Crippen LogP contribution in [-0.2, 0) is 14.3 Å². The Morgan fingerprint density at radius 3 is 2.64 bits per heavy atom. The highest BCUT2D eigenvalue weighted by atomic mass is 32.1. The minimum Gasteiger partial charge on any atom is -0.449 e. The molecule has 1 aromatic heterocycles. The maximum Gasteiger partial charge on any atom is 0.340 e. The number of benzene rings is 1. The number of rotatable bonds is 5. The number of aryl methyl sites for hydroxylation is 1. The number of ether oxygens (including phenoxy) is 1. The van der Waals surface area contributed by atoms with Gasteiger partial charge in [0.05, 0.1) is 5.57 Å². The fourth-order valence-electron chi connectivity index (χ4n) is 1.87. The molecule has 0 unspecified atom stereocenters. The van der Waals surface area contributed by atoms with Crippen molar-refractivity contribution in [3.63, 3.8) is 0 Å². The molecule has 2 N–H and O–H groups in total. The molecule has 1 heterocycles. The van der Waals surface area contributed by atoms with Crippen LogP contribution in [0.4, 0.5) is 0 Å². The first kappa shape index (κ1) is 16.0. The van der Waals surface area contributed by atoms with E-state index in [9.17, 15) is 9.59 Å². The van der Waals surface area contributed by atoms with Crippen molar-refractivity contribution in [1.82, 2.24) is 0 Å². The van der Waals surface area contributed by atoms with Crippen LogP contribution in [0, 0.1) is 6.92 Å². The van der Waals surface area contributed by atoms with Crippen molar-refractivity contribution in [2.75, 3.05) is 0 Å². The van der Waals surface area contributed by atoms with Gasteiger partial charge >= 0.3 is 5.97 Å². The van der Waals surface area contributed by atoms with Crippen molar-refractivity contribution < 1.29 is 14.3 Å². The summed E-state index contributed by atoms with van der Waals surface area (Å²) in [6, 6.07) is 11.5. The quantitative estimate of drug-likeness (QED) is 0.681. The van der Waals surface area contributed by atoms with Crippen molar-refractivity contribution in [3.05, 3.63) is 57.8 Å². The van der Waals surface area contributed by atoms with Crippen LogP contribution < -0.4 is 5.73 Å². The second-order valence-corrected chi connectivity index (χ2v) is 5.85. The van der Waals surface area contributed by atoms with Gasteiger partial charge < -0.3 is 10.5 Å². The monoisotopic (exact) mass is 315 g/mol. The normalized spacial score (nSPS) is 12.7. The number of hydrogen-bond donors (Lipinski definition) is 1. The molecule has 2 rings (SSSR count). The Hall–Kier alpha value is -2.40. The van der Waals surface area contributed by atoms with E-state index < -0.39 is 18.0 Å². The molecule has 0 spiro atoms. The van der Waals surface area contributed by atoms with Crippen LogP contribution in [0.15, 0.2) is 41.8 Å². The molecule has 1 amide bonds. The summed E-state index contributed by atoms with van der Waals surface area (Å²) in [5.41, 5.74) is 7.54. The summed E-state index contributed by atoms with van der Waals surface area (Å²) in [6.45, 7) is 3.44. The van der Waals surface area contributed by atoms with Crippen LogP contribution in [-0.4, -0.2) is 18.0 Å². The van der Waals surface area contributed by atoms with E-state index in [0.29, 0.717) is 5.57 Å². The highest BCUT2D eigenvalue weighted by Gasteiger charge is 2.20. The van der Waals surface area contributed by atoms with Gasteiger partial charge in [-0.3, -0.25) is 4.79 Å². The molecule has 0 bridgehead atoms. The lowest BCUT2D eigenvalue weighted by Crippen LogP contribution is -2.30. The highest BCUT2D eigenvalue weighted by molar-refractivity contribution is 7.11. The third kappa shape index (κ3) is 4.05. The van der Waals surface area contributed by atoms with E-state index in [1.807, 2.05) is 48.7 Å². The summed E-state index contributed by atoms with van der Waals surface area (Å²) >= 11 is 1.43. The zero-order chi connectivity index (χ0) is 16.1. The lowest BCUT2D eigenvalue weighted by molar-refractivity contribution is -0.147. The molecule has 0 aliphatic heterocycles. The minimum absolute atomic E-state index is 0.411. The molecule has 1 atom stereocenters. The summed E-state index contributed by atoms with van der Waals surface area (Å²) in [5, 5.41) is 1.88. The summed E-state index contributed by atoms with van der Waals surface area (Å²) < 4.78 is 5.13. The minimum atomic E-state index is -0.964. The second-order valence-electron chi connectivity index (χ2n) is 4.90. The average Bonchev–Trinajstić information content (AvgIpc) is 2.98. The Labute approximate surface area is 133 Å². The molecule has 1 aromatic carbocycles. The Morgan fingerprint density at radius 2 is 2.05 bits per heavy atom. The Bertz CT molecular complexity index is 704. The Balaban J connectivity index is 2.35. The predicted octanol–water partition coefficient (Wildman–Crippen LogP) is 3.01. The fraction of sp³-hybridized carbons (Fsp3) is 0.176. The predicted molar refractivity (Wildman–Crippen MR) is 88.1 cm³/mol. The van der Waals surface area contributed by atoms with Crippen LogP contribution in [0.1, 0.15) is 22.9 Å². The van der Waals surface area contributed by atoms with Gasteiger partial charge in [-0.15, -0.1) is 11.3 Å². The number of carbonyl (C=O) groups excluding carboxylic acids is 2. The number of esters is 1. The molecule has 0 aliphatic rings. The molecule has 0 fully saturated rings. The van der Waals surface area contributed by atoms with Gasteiger partial charge in [0, 0.05) is 4.88 Å². The standard InChI is InChI=1S/C17H17NO3S/c1-11-5-3-6-13(9-11)10-14(15-7-4-8-22-15)17(20)21-12(2)16(18)19/h3-10,12H,1-2H3,(H2,18,19)/b14-10+/t12-/m0/s1. The van der Waals surface area contributed by atoms with E-state index in [4.69, 9.17) is 10.5 Å². The molecule has 0 radical (unpaired) electrons. The van der Waals surface area contributed by atoms with Crippen LogP contribution in [0.5, 0.6) is 0 Å². The van der Waals surface area contributed by atoms with E-state index in [1.54, 1.807) is 6.08 Å². The first-order valence-electron chi connectivity index (χ1n) is 6.80. The molecule has 0 saturated heterocycles. The number of hydrogen-bond acceptors (Lipinski definition) is 4. The number of carbonyl (C=O) groups is 2. The highest BCUT2D eigenvalue weighted by Crippen LogP contribution is 2.25. The van der Waals surface area contributed by atoms with Crippen molar-refractivity contribution in [3.8, 4) is 0 Å². The number of thiophene rings is 1. The van der Waals surface area contributed by atoms with Gasteiger partial charge in [0.15, 0.2) is 6.10 Å². The molecule has 2 aromatic rings. The third-order valence-electron chi connectivity index (χ3n) is 3.04. The Morgan fingerprint density at radius 1 is 1.27 bits per heavy atom. The molecule has 114 valence electrons. The van der Waals surface area contributed by atoms with E-state index >= 15 is 0 Å². The van der Waals surface area contributed by atoms with Gasteiger partial charge in [-0.1, -0.05) is 35.9 Å². The van der Waals surface area contributed by atoms with Gasteiger partial charge in [0.25, 0.3) is 5.91 Å². The van der Waals surface area contributed by atoms with E-state index in [2.05, 4.69) is 0 Å². The SMILES string of the molecule is Cc1cccc(/C=C(/C(=O)O[C@@H](C)C(N)=O)c2cccs2)c1. The number of primary amides is 1. The van der Waals surface area contributed by atoms with Crippen molar-refractivity contribution in [2.45, 2.75) is 20.0 Å². The topological polar surface area (TPSA) is 69.4 Å². The molecule has 22 heavy (non-hydrogen) atoms. The molecular weight excluding hydrogens is 298 g/mol. The number of amides is 1. The largest absolute Gasteiger partial charge is 0.449 e. The van der Waals surface area contributed by atoms with Gasteiger partial charge in [-0.2, -0.15) is 0 Å². The summed E-state index contributed by atoms with van der Waals surface area (Å²) in [6.07, 6.45) is 0.794. The third-order valence-corrected chi connectivity index (χ3v) is 3.95. The zero-order valence-electron chi connectivity index (χ0n) is 12.4. The second kappa shape index (κ2) is 7.04. The number of nitrogens with two attached hydrogens (primary N) is 1. The Kier molecular flexibility index (Phi) is 5.12. The fourth-order valence-corrected chi connectivity index (χ4v) is 2.60. The van der Waals surface area contributed by atoms with Crippen molar-refractivity contribution in [2.24, 2.45) is 5.73 Å². The first-order chi connectivity index (χ1) is 10.5. The van der Waals surface area contributed by atoms with Gasteiger partial charge in [-0.25, -0.2) is 4.79 Å². The molecule has 0 saturated carbocycles. The maximum absolute atomic E-state index is 12.4. The summed E-state index contributed by atoms with van der Waals surface area (Å²) in [7, 11) is 0. The van der Waals surface area contributed by atoms with E-state index in [0.717, 1.165) is 16.0 Å². The van der Waals surface area contributed by atoms with Gasteiger partial charge in [0.1, 0.15) is 0 Å². The first-order valence-corrected chi connectivity index (χ1v) is 7.68. The zero-order valence-corrected chi connectivity index (χ0v) is 13.2. The maximum atomic E-state index is 12.4. The van der Waals surface area contributed by atoms with E-state index in [-0.39, 0.29) is 0 Å².